The molecule has 8 nitrogen and oxygen atoms in total. The van der Waals surface area contributed by atoms with Crippen LogP contribution in [0.2, 0.25) is 0 Å². The molecule has 2 saturated carbocycles. The quantitative estimate of drug-likeness (QED) is 0.503. The fourth-order valence-corrected chi connectivity index (χ4v) is 2.76. The van der Waals surface area contributed by atoms with Gasteiger partial charge in [0.25, 0.3) is 0 Å². The van der Waals surface area contributed by atoms with Gasteiger partial charge in [-0.2, -0.15) is 0 Å². The number of aliphatic hydroxyl groups is 1. The van der Waals surface area contributed by atoms with Crippen LogP contribution in [0.25, 0.3) is 0 Å². The van der Waals surface area contributed by atoms with Gasteiger partial charge in [-0.1, -0.05) is 0 Å². The fraction of sp³-hybridized carbons (Fsp3) is 0.875. The lowest BCUT2D eigenvalue weighted by atomic mass is 9.78. The Morgan fingerprint density at radius 2 is 1.50 bits per heavy atom. The smallest absolute Gasteiger partial charge is 0.338 e. The van der Waals surface area contributed by atoms with Crippen molar-refractivity contribution >= 4 is 11.9 Å². The van der Waals surface area contributed by atoms with Crippen molar-refractivity contribution in [2.75, 3.05) is 6.61 Å². The molecule has 0 aromatic heterocycles. The van der Waals surface area contributed by atoms with Gasteiger partial charge in [0.05, 0.1) is 6.61 Å². The highest BCUT2D eigenvalue weighted by Gasteiger charge is 2.63. The fourth-order valence-electron chi connectivity index (χ4n) is 2.76. The molecule has 0 aliphatic heterocycles. The van der Waals surface area contributed by atoms with Gasteiger partial charge in [-0.05, 0) is 59.3 Å². The number of esters is 1. The zero-order chi connectivity index (χ0) is 18.2. The predicted octanol–water partition coefficient (Wildman–Crippen LogP) is 1.37. The van der Waals surface area contributed by atoms with Crippen LogP contribution in [-0.2, 0) is 28.9 Å². The third kappa shape index (κ3) is 3.15. The van der Waals surface area contributed by atoms with Crippen molar-refractivity contribution in [2.24, 2.45) is 0 Å². The van der Waals surface area contributed by atoms with E-state index in [0.717, 1.165) is 13.8 Å². The molecule has 0 aromatic carbocycles. The highest BCUT2D eigenvalue weighted by Crippen LogP contribution is 2.47. The zero-order valence-corrected chi connectivity index (χ0v) is 14.3. The Kier molecular flexibility index (Phi) is 4.98. The summed E-state index contributed by atoms with van der Waals surface area (Å²) in [4.78, 5) is 23.7. The molecule has 0 aromatic rings. The lowest BCUT2D eigenvalue weighted by Crippen LogP contribution is -2.67. The number of hydrogen-bond donors (Lipinski definition) is 2. The number of carbonyl (C=O) groups is 2. The van der Waals surface area contributed by atoms with Gasteiger partial charge < -0.3 is 24.4 Å². The van der Waals surface area contributed by atoms with Gasteiger partial charge in [-0.3, -0.25) is 0 Å². The first-order valence-corrected chi connectivity index (χ1v) is 8.24. The molecule has 0 saturated heterocycles. The minimum absolute atomic E-state index is 0.128. The Hall–Kier alpha value is -1.22. The Morgan fingerprint density at radius 3 is 1.79 bits per heavy atom. The van der Waals surface area contributed by atoms with Crippen molar-refractivity contribution in [3.05, 3.63) is 0 Å². The van der Waals surface area contributed by atoms with E-state index in [1.807, 2.05) is 0 Å². The van der Waals surface area contributed by atoms with E-state index in [9.17, 15) is 24.9 Å². The number of ether oxygens (including phenoxy) is 3. The summed E-state index contributed by atoms with van der Waals surface area (Å²) in [6, 6.07) is 0. The molecule has 2 aliphatic rings. The molecule has 0 heterocycles. The van der Waals surface area contributed by atoms with E-state index in [-0.39, 0.29) is 32.3 Å². The lowest BCUT2D eigenvalue weighted by molar-refractivity contribution is -0.478. The Labute approximate surface area is 140 Å². The van der Waals surface area contributed by atoms with Crippen LogP contribution in [0.4, 0.5) is 0 Å². The van der Waals surface area contributed by atoms with Gasteiger partial charge in [0.2, 0.25) is 0 Å². The Bertz CT molecular complexity index is 501. The van der Waals surface area contributed by atoms with Crippen molar-refractivity contribution in [2.45, 2.75) is 82.1 Å². The molecule has 0 amide bonds. The van der Waals surface area contributed by atoms with E-state index in [1.165, 1.54) is 0 Å². The topological polar surface area (TPSA) is 122 Å². The maximum atomic E-state index is 12.5. The number of rotatable bonds is 8. The second-order valence-electron chi connectivity index (χ2n) is 7.02. The van der Waals surface area contributed by atoms with Gasteiger partial charge >= 0.3 is 17.9 Å². The number of carboxylic acid groups (broad SMARTS) is 1. The van der Waals surface area contributed by atoms with E-state index < -0.39 is 34.7 Å². The van der Waals surface area contributed by atoms with Crippen molar-refractivity contribution in [3.8, 4) is 0 Å². The molecule has 8 heteroatoms. The second-order valence-corrected chi connectivity index (χ2v) is 7.02. The van der Waals surface area contributed by atoms with Crippen LogP contribution >= 0.6 is 0 Å². The molecule has 0 bridgehead atoms. The summed E-state index contributed by atoms with van der Waals surface area (Å²) in [7, 11) is 0. The summed E-state index contributed by atoms with van der Waals surface area (Å²) >= 11 is 0. The van der Waals surface area contributed by atoms with Gasteiger partial charge in [-0.25, -0.2) is 14.7 Å². The maximum absolute atomic E-state index is 12.5. The molecule has 2 fully saturated rings. The van der Waals surface area contributed by atoms with Crippen LogP contribution in [0, 0.1) is 0 Å². The summed E-state index contributed by atoms with van der Waals surface area (Å²) in [6.07, 6.45) is 2.14. The van der Waals surface area contributed by atoms with Crippen LogP contribution in [-0.4, -0.2) is 51.5 Å². The maximum Gasteiger partial charge on any atom is 0.338 e. The molecule has 1 unspecified atom stereocenters. The third-order valence-corrected chi connectivity index (χ3v) is 4.79. The molecule has 2 rings (SSSR count). The summed E-state index contributed by atoms with van der Waals surface area (Å²) < 4.78 is 15.8. The number of carboxylic acids is 1. The zero-order valence-electron chi connectivity index (χ0n) is 14.3. The Morgan fingerprint density at radius 1 is 1.04 bits per heavy atom. The van der Waals surface area contributed by atoms with E-state index >= 15 is 0 Å². The minimum Gasteiger partial charge on any atom is -0.479 e. The molecule has 0 spiro atoms. The largest absolute Gasteiger partial charge is 0.479 e. The van der Waals surface area contributed by atoms with Gasteiger partial charge in [0.1, 0.15) is 0 Å². The number of hydrogen-bond acceptors (Lipinski definition) is 6. The van der Waals surface area contributed by atoms with Crippen LogP contribution in [0.1, 0.15) is 59.3 Å². The molecule has 1 atom stereocenters. The van der Waals surface area contributed by atoms with E-state index in [0.29, 0.717) is 12.8 Å². The molecule has 1 radical (unpaired) electrons. The molecular weight excluding hydrogens is 320 g/mol. The van der Waals surface area contributed by atoms with Crippen molar-refractivity contribution < 1.29 is 39.1 Å². The second kappa shape index (κ2) is 6.25. The lowest BCUT2D eigenvalue weighted by Gasteiger charge is -2.50. The highest BCUT2D eigenvalue weighted by atomic mass is 16.9. The first-order chi connectivity index (χ1) is 11.0. The summed E-state index contributed by atoms with van der Waals surface area (Å²) in [6.45, 7) is 4.01. The van der Waals surface area contributed by atoms with Crippen molar-refractivity contribution in [1.29, 1.82) is 0 Å². The molecular formula is C16H25O8. The highest BCUT2D eigenvalue weighted by molar-refractivity contribution is 5.81. The van der Waals surface area contributed by atoms with Gasteiger partial charge in [-0.15, -0.1) is 0 Å². The third-order valence-electron chi connectivity index (χ3n) is 4.79. The first-order valence-electron chi connectivity index (χ1n) is 8.24. The summed E-state index contributed by atoms with van der Waals surface area (Å²) in [5.74, 6) is -4.71. The molecule has 2 N–H and O–H groups in total. The first kappa shape index (κ1) is 19.1. The number of aliphatic carboxylic acids is 1. The molecule has 137 valence electrons. The Balaban J connectivity index is 2.28. The minimum atomic E-state index is -2.76. The molecule has 2 aliphatic carbocycles. The predicted molar refractivity (Wildman–Crippen MR) is 79.3 cm³/mol. The standard InChI is InChI=1S/C16H25O8/c1-4-22-12(19)15(9-6-10-15)24-16(21,13(2,3)20)23-14(11(17)18)7-5-8-14/h21H,4-10H2,1-3H3,(H,17,18). The number of carbonyl (C=O) groups excluding carboxylic acids is 1. The summed E-state index contributed by atoms with van der Waals surface area (Å²) in [5.41, 5.74) is -5.36. The normalized spacial score (nSPS) is 24.2. The van der Waals surface area contributed by atoms with Crippen LogP contribution in [0.3, 0.4) is 0 Å². The van der Waals surface area contributed by atoms with Crippen LogP contribution in [0.15, 0.2) is 0 Å². The van der Waals surface area contributed by atoms with E-state index in [4.69, 9.17) is 14.2 Å². The van der Waals surface area contributed by atoms with E-state index in [2.05, 4.69) is 0 Å². The van der Waals surface area contributed by atoms with Crippen molar-refractivity contribution in [1.82, 2.24) is 0 Å². The van der Waals surface area contributed by atoms with Crippen LogP contribution < -0.4 is 0 Å². The van der Waals surface area contributed by atoms with Gasteiger partial charge in [0.15, 0.2) is 16.8 Å². The van der Waals surface area contributed by atoms with Crippen molar-refractivity contribution in [3.63, 3.8) is 0 Å². The van der Waals surface area contributed by atoms with Crippen LogP contribution in [0.5, 0.6) is 0 Å². The molecule has 24 heavy (non-hydrogen) atoms. The van der Waals surface area contributed by atoms with Gasteiger partial charge in [0, 0.05) is 0 Å². The summed E-state index contributed by atoms with van der Waals surface area (Å²) in [5, 5.41) is 32.7. The monoisotopic (exact) mass is 345 g/mol. The SMILES string of the molecule is CCOC(=O)C1(OC(O)(OC2(C(=O)O)CCC2)C(C)(C)[O])CCC1. The van der Waals surface area contributed by atoms with E-state index in [1.54, 1.807) is 6.92 Å². The average Bonchev–Trinajstić information content (AvgIpc) is 2.36. The average molecular weight is 345 g/mol.